The summed E-state index contributed by atoms with van der Waals surface area (Å²) >= 11 is 0. The van der Waals surface area contributed by atoms with Gasteiger partial charge >= 0.3 is 0 Å². The quantitative estimate of drug-likeness (QED) is 0.701. The van der Waals surface area contributed by atoms with Gasteiger partial charge < -0.3 is 14.8 Å². The first kappa shape index (κ1) is 17.4. The third kappa shape index (κ3) is 5.04. The molecule has 0 radical (unpaired) electrons. The number of amides is 1. The normalized spacial score (nSPS) is 10.2. The van der Waals surface area contributed by atoms with Crippen molar-refractivity contribution >= 4 is 11.6 Å². The third-order valence-electron chi connectivity index (χ3n) is 3.49. The Kier molecular flexibility index (Phi) is 5.77. The summed E-state index contributed by atoms with van der Waals surface area (Å²) in [6.45, 7) is 2.55. The third-order valence-corrected chi connectivity index (χ3v) is 3.49. The van der Waals surface area contributed by atoms with E-state index < -0.39 is 0 Å². The van der Waals surface area contributed by atoms with Gasteiger partial charge in [-0.05, 0) is 42.8 Å². The second kappa shape index (κ2) is 8.62. The van der Waals surface area contributed by atoms with E-state index in [-0.39, 0.29) is 12.3 Å². The van der Waals surface area contributed by atoms with Crippen LogP contribution in [0, 0.1) is 0 Å². The highest BCUT2D eigenvalue weighted by molar-refractivity contribution is 5.92. The average Bonchev–Trinajstić information content (AvgIpc) is 2.65. The standard InChI is InChI=1S/C20H19N3O3/c1-2-25-17-10-8-15(9-11-17)13-19(24)22-16-5-3-6-18(14-16)26-20-7-4-12-21-23-20/h3-12,14H,2,13H2,1H3,(H,22,24). The topological polar surface area (TPSA) is 73.3 Å². The maximum absolute atomic E-state index is 12.3. The summed E-state index contributed by atoms with van der Waals surface area (Å²) in [5, 5.41) is 10.5. The Balaban J connectivity index is 1.59. The highest BCUT2D eigenvalue weighted by Gasteiger charge is 2.06. The number of rotatable bonds is 7. The van der Waals surface area contributed by atoms with Gasteiger partial charge in [-0.3, -0.25) is 4.79 Å². The molecule has 1 heterocycles. The predicted octanol–water partition coefficient (Wildman–Crippen LogP) is 3.85. The van der Waals surface area contributed by atoms with Gasteiger partial charge in [-0.2, -0.15) is 5.10 Å². The first-order valence-electron chi connectivity index (χ1n) is 8.30. The molecule has 3 aromatic rings. The van der Waals surface area contributed by atoms with Crippen LogP contribution in [0.2, 0.25) is 0 Å². The van der Waals surface area contributed by atoms with Crippen LogP contribution in [-0.2, 0) is 11.2 Å². The molecule has 6 nitrogen and oxygen atoms in total. The minimum atomic E-state index is -0.106. The van der Waals surface area contributed by atoms with E-state index in [1.54, 1.807) is 42.6 Å². The van der Waals surface area contributed by atoms with Gasteiger partial charge in [-0.25, -0.2) is 0 Å². The van der Waals surface area contributed by atoms with E-state index in [2.05, 4.69) is 15.5 Å². The van der Waals surface area contributed by atoms with E-state index in [1.165, 1.54) is 0 Å². The molecular weight excluding hydrogens is 330 g/mol. The summed E-state index contributed by atoms with van der Waals surface area (Å²) in [6.07, 6.45) is 1.85. The fourth-order valence-electron chi connectivity index (χ4n) is 2.36. The second-order valence-corrected chi connectivity index (χ2v) is 5.49. The van der Waals surface area contributed by atoms with Gasteiger partial charge in [-0.15, -0.1) is 5.10 Å². The predicted molar refractivity (Wildman–Crippen MR) is 98.5 cm³/mol. The molecule has 0 saturated heterocycles. The Bertz CT molecular complexity index is 852. The van der Waals surface area contributed by atoms with Crippen molar-refractivity contribution in [1.29, 1.82) is 0 Å². The van der Waals surface area contributed by atoms with Crippen LogP contribution in [-0.4, -0.2) is 22.7 Å². The van der Waals surface area contributed by atoms with Crippen molar-refractivity contribution in [2.75, 3.05) is 11.9 Å². The summed E-state index contributed by atoms with van der Waals surface area (Å²) in [7, 11) is 0. The molecule has 0 unspecified atom stereocenters. The molecule has 26 heavy (non-hydrogen) atoms. The molecule has 132 valence electrons. The van der Waals surface area contributed by atoms with E-state index >= 15 is 0 Å². The lowest BCUT2D eigenvalue weighted by Gasteiger charge is -2.09. The lowest BCUT2D eigenvalue weighted by atomic mass is 10.1. The van der Waals surface area contributed by atoms with Crippen LogP contribution in [0.5, 0.6) is 17.4 Å². The second-order valence-electron chi connectivity index (χ2n) is 5.49. The zero-order valence-electron chi connectivity index (χ0n) is 14.4. The van der Waals surface area contributed by atoms with E-state index in [9.17, 15) is 4.79 Å². The maximum atomic E-state index is 12.3. The van der Waals surface area contributed by atoms with Crippen molar-refractivity contribution in [2.24, 2.45) is 0 Å². The van der Waals surface area contributed by atoms with Crippen LogP contribution in [0.4, 0.5) is 5.69 Å². The van der Waals surface area contributed by atoms with Gasteiger partial charge in [-0.1, -0.05) is 18.2 Å². The van der Waals surface area contributed by atoms with Crippen LogP contribution in [0.25, 0.3) is 0 Å². The van der Waals surface area contributed by atoms with Crippen molar-refractivity contribution in [3.05, 3.63) is 72.4 Å². The van der Waals surface area contributed by atoms with Crippen LogP contribution >= 0.6 is 0 Å². The molecule has 0 bridgehead atoms. The molecule has 0 atom stereocenters. The maximum Gasteiger partial charge on any atom is 0.238 e. The summed E-state index contributed by atoms with van der Waals surface area (Å²) in [4.78, 5) is 12.3. The van der Waals surface area contributed by atoms with Crippen LogP contribution < -0.4 is 14.8 Å². The molecule has 6 heteroatoms. The molecule has 0 saturated carbocycles. The van der Waals surface area contributed by atoms with Gasteiger partial charge in [0.1, 0.15) is 11.5 Å². The van der Waals surface area contributed by atoms with Crippen molar-refractivity contribution in [1.82, 2.24) is 10.2 Å². The number of aromatic nitrogens is 2. The molecule has 2 aromatic carbocycles. The number of hydrogen-bond donors (Lipinski definition) is 1. The van der Waals surface area contributed by atoms with Gasteiger partial charge in [0.15, 0.2) is 0 Å². The summed E-state index contributed by atoms with van der Waals surface area (Å²) in [5.74, 6) is 1.66. The van der Waals surface area contributed by atoms with Gasteiger partial charge in [0.05, 0.1) is 13.0 Å². The van der Waals surface area contributed by atoms with Crippen LogP contribution in [0.15, 0.2) is 66.9 Å². The minimum absolute atomic E-state index is 0.106. The van der Waals surface area contributed by atoms with Crippen molar-refractivity contribution < 1.29 is 14.3 Å². The van der Waals surface area contributed by atoms with Crippen molar-refractivity contribution in [2.45, 2.75) is 13.3 Å². The summed E-state index contributed by atoms with van der Waals surface area (Å²) < 4.78 is 11.0. The number of carbonyl (C=O) groups is 1. The Morgan fingerprint density at radius 2 is 1.88 bits per heavy atom. The Labute approximate surface area is 151 Å². The first-order chi connectivity index (χ1) is 12.7. The zero-order valence-corrected chi connectivity index (χ0v) is 14.4. The van der Waals surface area contributed by atoms with Crippen LogP contribution in [0.1, 0.15) is 12.5 Å². The molecule has 0 aliphatic heterocycles. The number of nitrogens with zero attached hydrogens (tertiary/aromatic N) is 2. The van der Waals surface area contributed by atoms with Gasteiger partial charge in [0, 0.05) is 24.0 Å². The van der Waals surface area contributed by atoms with E-state index in [4.69, 9.17) is 9.47 Å². The first-order valence-corrected chi connectivity index (χ1v) is 8.30. The van der Waals surface area contributed by atoms with E-state index in [1.807, 2.05) is 31.2 Å². The SMILES string of the molecule is CCOc1ccc(CC(=O)Nc2cccc(Oc3cccnn3)c2)cc1. The van der Waals surface area contributed by atoms with Crippen molar-refractivity contribution in [3.8, 4) is 17.4 Å². The van der Waals surface area contributed by atoms with Crippen LogP contribution in [0.3, 0.4) is 0 Å². The molecule has 0 aliphatic rings. The Morgan fingerprint density at radius 3 is 2.62 bits per heavy atom. The van der Waals surface area contributed by atoms with Gasteiger partial charge in [0.2, 0.25) is 11.8 Å². The summed E-state index contributed by atoms with van der Waals surface area (Å²) in [5.41, 5.74) is 1.57. The molecule has 1 amide bonds. The zero-order chi connectivity index (χ0) is 18.2. The smallest absolute Gasteiger partial charge is 0.238 e. The number of nitrogens with one attached hydrogen (secondary N) is 1. The minimum Gasteiger partial charge on any atom is -0.494 e. The molecule has 0 aliphatic carbocycles. The van der Waals surface area contributed by atoms with Crippen molar-refractivity contribution in [3.63, 3.8) is 0 Å². The highest BCUT2D eigenvalue weighted by atomic mass is 16.5. The average molecular weight is 349 g/mol. The number of ether oxygens (including phenoxy) is 2. The fraction of sp³-hybridized carbons (Fsp3) is 0.150. The molecule has 0 spiro atoms. The molecule has 3 rings (SSSR count). The lowest BCUT2D eigenvalue weighted by Crippen LogP contribution is -2.14. The Morgan fingerprint density at radius 1 is 1.04 bits per heavy atom. The molecule has 1 aromatic heterocycles. The molecule has 0 fully saturated rings. The fourth-order valence-corrected chi connectivity index (χ4v) is 2.36. The van der Waals surface area contributed by atoms with E-state index in [0.29, 0.717) is 23.9 Å². The Hall–Kier alpha value is -3.41. The number of hydrogen-bond acceptors (Lipinski definition) is 5. The highest BCUT2D eigenvalue weighted by Crippen LogP contribution is 2.22. The number of benzene rings is 2. The molecule has 1 N–H and O–H groups in total. The number of carbonyl (C=O) groups excluding carboxylic acids is 1. The van der Waals surface area contributed by atoms with E-state index in [0.717, 1.165) is 11.3 Å². The van der Waals surface area contributed by atoms with Gasteiger partial charge in [0.25, 0.3) is 0 Å². The lowest BCUT2D eigenvalue weighted by molar-refractivity contribution is -0.115. The monoisotopic (exact) mass is 349 g/mol. The summed E-state index contributed by atoms with van der Waals surface area (Å²) in [6, 6.07) is 18.1. The number of anilines is 1. The largest absolute Gasteiger partial charge is 0.494 e. The molecular formula is C20H19N3O3.